The zero-order chi connectivity index (χ0) is 27.8. The Labute approximate surface area is 231 Å². The average molecular weight is 571 g/mol. The Kier molecular flexibility index (Phi) is 11.7. The molecule has 0 aliphatic carbocycles. The molecular weight excluding hydrogens is 533 g/mol. The fourth-order valence-electron chi connectivity index (χ4n) is 3.91. The van der Waals surface area contributed by atoms with Crippen LogP contribution < -0.4 is 9.62 Å². The molecule has 0 saturated carbocycles. The number of sulfonamides is 1. The van der Waals surface area contributed by atoms with Gasteiger partial charge in [0.15, 0.2) is 0 Å². The van der Waals surface area contributed by atoms with Crippen LogP contribution in [0.3, 0.4) is 0 Å². The van der Waals surface area contributed by atoms with Crippen LogP contribution >= 0.6 is 23.2 Å². The molecule has 0 aliphatic heterocycles. The summed E-state index contributed by atoms with van der Waals surface area (Å²) in [5.74, 6) is -0.461. The van der Waals surface area contributed by atoms with E-state index in [1.165, 1.54) is 4.31 Å². The highest BCUT2D eigenvalue weighted by atomic mass is 35.5. The number of anilines is 1. The minimum atomic E-state index is -3.54. The lowest BCUT2D eigenvalue weighted by atomic mass is 10.1. The monoisotopic (exact) mass is 569 g/mol. The molecule has 2 amide bonds. The van der Waals surface area contributed by atoms with Gasteiger partial charge in [-0.3, -0.25) is 13.9 Å². The maximum atomic E-state index is 13.5. The number of amides is 2. The third-order valence-corrected chi connectivity index (χ3v) is 8.13. The first-order chi connectivity index (χ1) is 17.4. The van der Waals surface area contributed by atoms with Gasteiger partial charge >= 0.3 is 0 Å². The Balaban J connectivity index is 2.24. The molecule has 0 heterocycles. The summed E-state index contributed by atoms with van der Waals surface area (Å²) in [6, 6.07) is 11.6. The standard InChI is InChI=1S/C27H37Cl2N3O4S/c1-6-20(4)30-27(34)25(7-2)31(18-21-12-15-23(28)24(29)17-21)26(33)9-8-16-32(37(5,35)36)22-13-10-19(3)11-14-22/h10-15,17,20,25H,6-9,16,18H2,1-5H3,(H,30,34)/t20-,25-/m1/s1. The average Bonchev–Trinajstić information content (AvgIpc) is 2.83. The molecule has 1 N–H and O–H groups in total. The molecule has 0 aromatic heterocycles. The molecule has 0 bridgehead atoms. The molecule has 7 nitrogen and oxygen atoms in total. The van der Waals surface area contributed by atoms with Gasteiger partial charge < -0.3 is 10.2 Å². The van der Waals surface area contributed by atoms with Gasteiger partial charge in [-0.25, -0.2) is 8.42 Å². The molecule has 37 heavy (non-hydrogen) atoms. The van der Waals surface area contributed by atoms with Gasteiger partial charge in [0.25, 0.3) is 0 Å². The molecule has 0 fully saturated rings. The van der Waals surface area contributed by atoms with Crippen molar-refractivity contribution in [1.29, 1.82) is 0 Å². The van der Waals surface area contributed by atoms with Gasteiger partial charge in [0.05, 0.1) is 22.0 Å². The van der Waals surface area contributed by atoms with Gasteiger partial charge in [0.1, 0.15) is 6.04 Å². The molecule has 0 spiro atoms. The van der Waals surface area contributed by atoms with Crippen LogP contribution in [0.4, 0.5) is 5.69 Å². The smallest absolute Gasteiger partial charge is 0.243 e. The number of benzene rings is 2. The number of rotatable bonds is 13. The first-order valence-electron chi connectivity index (χ1n) is 12.5. The lowest BCUT2D eigenvalue weighted by molar-refractivity contribution is -0.141. The molecule has 0 aliphatic rings. The second kappa shape index (κ2) is 14.0. The van der Waals surface area contributed by atoms with Crippen LogP contribution in [0.5, 0.6) is 0 Å². The number of aryl methyl sites for hydroxylation is 1. The van der Waals surface area contributed by atoms with E-state index < -0.39 is 16.1 Å². The summed E-state index contributed by atoms with van der Waals surface area (Å²) in [6.07, 6.45) is 2.71. The van der Waals surface area contributed by atoms with Gasteiger partial charge in [0, 0.05) is 25.6 Å². The van der Waals surface area contributed by atoms with E-state index in [2.05, 4.69) is 5.32 Å². The summed E-state index contributed by atoms with van der Waals surface area (Å²) in [5, 5.41) is 3.75. The summed E-state index contributed by atoms with van der Waals surface area (Å²) in [5.41, 5.74) is 2.31. The quantitative estimate of drug-likeness (QED) is 0.341. The number of nitrogens with one attached hydrogen (secondary N) is 1. The molecular formula is C27H37Cl2N3O4S. The Morgan fingerprint density at radius 2 is 1.65 bits per heavy atom. The summed E-state index contributed by atoms with van der Waals surface area (Å²) in [4.78, 5) is 28.1. The van der Waals surface area contributed by atoms with Crippen molar-refractivity contribution in [3.63, 3.8) is 0 Å². The lowest BCUT2D eigenvalue weighted by Crippen LogP contribution is -2.50. The molecule has 2 aromatic carbocycles. The number of carbonyl (C=O) groups is 2. The summed E-state index contributed by atoms with van der Waals surface area (Å²) in [7, 11) is -3.54. The highest BCUT2D eigenvalue weighted by molar-refractivity contribution is 7.92. The van der Waals surface area contributed by atoms with Gasteiger partial charge in [-0.1, -0.05) is 60.8 Å². The maximum Gasteiger partial charge on any atom is 0.243 e. The molecule has 204 valence electrons. The van der Waals surface area contributed by atoms with E-state index in [0.29, 0.717) is 28.6 Å². The van der Waals surface area contributed by atoms with E-state index in [9.17, 15) is 18.0 Å². The topological polar surface area (TPSA) is 86.8 Å². The van der Waals surface area contributed by atoms with Crippen molar-refractivity contribution in [2.75, 3.05) is 17.1 Å². The van der Waals surface area contributed by atoms with Crippen LogP contribution in [-0.2, 0) is 26.2 Å². The van der Waals surface area contributed by atoms with Crippen molar-refractivity contribution < 1.29 is 18.0 Å². The highest BCUT2D eigenvalue weighted by Crippen LogP contribution is 2.25. The Morgan fingerprint density at radius 3 is 2.19 bits per heavy atom. The Hall–Kier alpha value is -2.29. The second-order valence-electron chi connectivity index (χ2n) is 9.29. The molecule has 10 heteroatoms. The van der Waals surface area contributed by atoms with E-state index in [1.54, 1.807) is 35.2 Å². The maximum absolute atomic E-state index is 13.5. The third-order valence-electron chi connectivity index (χ3n) is 6.20. The lowest BCUT2D eigenvalue weighted by Gasteiger charge is -2.32. The third kappa shape index (κ3) is 9.20. The fourth-order valence-corrected chi connectivity index (χ4v) is 5.20. The Morgan fingerprint density at radius 1 is 1.00 bits per heavy atom. The van der Waals surface area contributed by atoms with Gasteiger partial charge in [0.2, 0.25) is 21.8 Å². The minimum absolute atomic E-state index is 0.0266. The van der Waals surface area contributed by atoms with E-state index in [4.69, 9.17) is 23.2 Å². The first kappa shape index (κ1) is 30.9. The SMILES string of the molecule is CC[C@@H](C)NC(=O)[C@@H](CC)N(Cc1ccc(Cl)c(Cl)c1)C(=O)CCCN(c1ccc(C)cc1)S(C)(=O)=O. The largest absolute Gasteiger partial charge is 0.352 e. The van der Waals surface area contributed by atoms with E-state index in [-0.39, 0.29) is 37.4 Å². The normalized spacial score (nSPS) is 13.1. The summed E-state index contributed by atoms with van der Waals surface area (Å²) in [6.45, 7) is 8.00. The summed E-state index contributed by atoms with van der Waals surface area (Å²) >= 11 is 12.2. The van der Waals surface area contributed by atoms with Crippen LogP contribution in [0.2, 0.25) is 10.0 Å². The molecule has 0 unspecified atom stereocenters. The highest BCUT2D eigenvalue weighted by Gasteiger charge is 2.29. The van der Waals surface area contributed by atoms with Gasteiger partial charge in [-0.2, -0.15) is 0 Å². The predicted octanol–water partition coefficient (Wildman–Crippen LogP) is 5.57. The fraction of sp³-hybridized carbons (Fsp3) is 0.481. The van der Waals surface area contributed by atoms with Crippen LogP contribution in [-0.4, -0.2) is 50.0 Å². The van der Waals surface area contributed by atoms with Crippen molar-refractivity contribution in [3.8, 4) is 0 Å². The zero-order valence-corrected chi connectivity index (χ0v) is 24.5. The van der Waals surface area contributed by atoms with E-state index in [0.717, 1.165) is 23.8 Å². The summed E-state index contributed by atoms with van der Waals surface area (Å²) < 4.78 is 26.2. The van der Waals surface area contributed by atoms with Crippen LogP contribution in [0, 0.1) is 6.92 Å². The van der Waals surface area contributed by atoms with Crippen molar-refractivity contribution in [3.05, 3.63) is 63.6 Å². The molecule has 2 aromatic rings. The number of halogens is 2. The number of hydrogen-bond donors (Lipinski definition) is 1. The van der Waals surface area contributed by atoms with Crippen molar-refractivity contribution in [1.82, 2.24) is 10.2 Å². The van der Waals surface area contributed by atoms with Crippen LogP contribution in [0.15, 0.2) is 42.5 Å². The molecule has 0 radical (unpaired) electrons. The van der Waals surface area contributed by atoms with E-state index in [1.807, 2.05) is 39.8 Å². The van der Waals surface area contributed by atoms with Gasteiger partial charge in [-0.05, 0) is 62.9 Å². The van der Waals surface area contributed by atoms with Crippen molar-refractivity contribution in [2.45, 2.75) is 72.0 Å². The number of carbonyl (C=O) groups excluding carboxylic acids is 2. The molecule has 2 rings (SSSR count). The Bertz CT molecular complexity index is 1170. The molecule has 0 saturated heterocycles. The second-order valence-corrected chi connectivity index (χ2v) is 12.0. The molecule has 2 atom stereocenters. The van der Waals surface area contributed by atoms with E-state index >= 15 is 0 Å². The van der Waals surface area contributed by atoms with Crippen LogP contribution in [0.25, 0.3) is 0 Å². The number of nitrogens with zero attached hydrogens (tertiary/aromatic N) is 2. The predicted molar refractivity (Wildman–Crippen MR) is 152 cm³/mol. The minimum Gasteiger partial charge on any atom is -0.352 e. The van der Waals surface area contributed by atoms with Crippen LogP contribution in [0.1, 0.15) is 57.6 Å². The number of hydrogen-bond acceptors (Lipinski definition) is 4. The van der Waals surface area contributed by atoms with Crippen molar-refractivity contribution in [2.24, 2.45) is 0 Å². The zero-order valence-electron chi connectivity index (χ0n) is 22.1. The van der Waals surface area contributed by atoms with Gasteiger partial charge in [-0.15, -0.1) is 0 Å². The first-order valence-corrected chi connectivity index (χ1v) is 15.1. The van der Waals surface area contributed by atoms with Crippen molar-refractivity contribution >= 4 is 50.7 Å².